The molecule has 1 aromatic heterocycles. The topological polar surface area (TPSA) is 62.7 Å². The zero-order chi connectivity index (χ0) is 16.2. The number of likely N-dealkylation sites (tertiary alicyclic amines) is 1. The van der Waals surface area contributed by atoms with Gasteiger partial charge in [0.15, 0.2) is 0 Å². The summed E-state index contributed by atoms with van der Waals surface area (Å²) in [5.74, 6) is 0.287. The minimum atomic E-state index is -0.0330. The highest BCUT2D eigenvalue weighted by Gasteiger charge is 2.25. The molecule has 0 aliphatic carbocycles. The van der Waals surface area contributed by atoms with Crippen molar-refractivity contribution < 1.29 is 14.3 Å². The number of morpholine rings is 1. The number of carbonyl (C=O) groups excluding carboxylic acids is 2. The van der Waals surface area contributed by atoms with Gasteiger partial charge in [-0.3, -0.25) is 9.59 Å². The number of amides is 2. The van der Waals surface area contributed by atoms with E-state index in [1.807, 2.05) is 17.0 Å². The lowest BCUT2D eigenvalue weighted by Gasteiger charge is -2.32. The van der Waals surface area contributed by atoms with E-state index < -0.39 is 0 Å². The average Bonchev–Trinajstić information content (AvgIpc) is 2.62. The highest BCUT2D eigenvalue weighted by Crippen LogP contribution is 2.26. The lowest BCUT2D eigenvalue weighted by Crippen LogP contribution is -2.41. The monoisotopic (exact) mass is 317 g/mol. The lowest BCUT2D eigenvalue weighted by atomic mass is 9.94. The van der Waals surface area contributed by atoms with Crippen molar-refractivity contribution in [3.63, 3.8) is 0 Å². The van der Waals surface area contributed by atoms with Gasteiger partial charge < -0.3 is 14.5 Å². The van der Waals surface area contributed by atoms with E-state index in [1.54, 1.807) is 17.9 Å². The number of aromatic nitrogens is 1. The van der Waals surface area contributed by atoms with E-state index in [0.717, 1.165) is 25.1 Å². The third-order valence-corrected chi connectivity index (χ3v) is 4.57. The Labute approximate surface area is 136 Å². The Bertz CT molecular complexity index is 584. The second kappa shape index (κ2) is 7.08. The third kappa shape index (κ3) is 3.69. The Kier molecular flexibility index (Phi) is 4.91. The van der Waals surface area contributed by atoms with Gasteiger partial charge in [0, 0.05) is 44.7 Å². The van der Waals surface area contributed by atoms with E-state index in [2.05, 4.69) is 4.98 Å². The quantitative estimate of drug-likeness (QED) is 0.824. The van der Waals surface area contributed by atoms with Gasteiger partial charge in [-0.15, -0.1) is 0 Å². The van der Waals surface area contributed by atoms with Gasteiger partial charge in [0.2, 0.25) is 5.91 Å². The van der Waals surface area contributed by atoms with E-state index >= 15 is 0 Å². The lowest BCUT2D eigenvalue weighted by molar-refractivity contribution is -0.130. The largest absolute Gasteiger partial charge is 0.378 e. The van der Waals surface area contributed by atoms with Crippen molar-refractivity contribution in [3.8, 4) is 0 Å². The minimum absolute atomic E-state index is 0.0330. The molecular weight excluding hydrogens is 294 g/mol. The van der Waals surface area contributed by atoms with Crippen molar-refractivity contribution in [2.24, 2.45) is 0 Å². The molecule has 2 fully saturated rings. The molecule has 0 aromatic carbocycles. The molecule has 0 saturated carbocycles. The fourth-order valence-corrected chi connectivity index (χ4v) is 3.23. The van der Waals surface area contributed by atoms with Crippen LogP contribution in [0.25, 0.3) is 0 Å². The number of rotatable bonds is 2. The molecule has 2 aliphatic heterocycles. The molecule has 2 saturated heterocycles. The van der Waals surface area contributed by atoms with Crippen LogP contribution in [0.4, 0.5) is 0 Å². The van der Waals surface area contributed by atoms with E-state index in [9.17, 15) is 9.59 Å². The maximum absolute atomic E-state index is 12.6. The molecule has 2 amide bonds. The summed E-state index contributed by atoms with van der Waals surface area (Å²) < 4.78 is 5.29. The van der Waals surface area contributed by atoms with E-state index in [4.69, 9.17) is 4.74 Å². The summed E-state index contributed by atoms with van der Waals surface area (Å²) in [5.41, 5.74) is 1.40. The number of pyridine rings is 1. The highest BCUT2D eigenvalue weighted by molar-refractivity contribution is 5.92. The number of ether oxygens (including phenoxy) is 1. The van der Waals surface area contributed by atoms with Gasteiger partial charge in [-0.1, -0.05) is 6.07 Å². The van der Waals surface area contributed by atoms with Crippen LogP contribution in [-0.2, 0) is 9.53 Å². The van der Waals surface area contributed by atoms with E-state index in [-0.39, 0.29) is 17.7 Å². The number of nitrogens with zero attached hydrogens (tertiary/aromatic N) is 3. The third-order valence-electron chi connectivity index (χ3n) is 4.57. The summed E-state index contributed by atoms with van der Waals surface area (Å²) in [6.45, 7) is 5.52. The van der Waals surface area contributed by atoms with Crippen LogP contribution < -0.4 is 0 Å². The Morgan fingerprint density at radius 2 is 1.96 bits per heavy atom. The van der Waals surface area contributed by atoms with Crippen LogP contribution in [0, 0.1) is 0 Å². The predicted molar refractivity (Wildman–Crippen MR) is 85.2 cm³/mol. The van der Waals surface area contributed by atoms with Crippen molar-refractivity contribution >= 4 is 11.8 Å². The van der Waals surface area contributed by atoms with Gasteiger partial charge in [0.1, 0.15) is 5.69 Å². The first kappa shape index (κ1) is 15.9. The predicted octanol–water partition coefficient (Wildman–Crippen LogP) is 1.28. The molecule has 0 radical (unpaired) electrons. The normalized spacial score (nSPS) is 22.0. The fourth-order valence-electron chi connectivity index (χ4n) is 3.23. The summed E-state index contributed by atoms with van der Waals surface area (Å²) in [5, 5.41) is 0. The van der Waals surface area contributed by atoms with Crippen LogP contribution in [0.15, 0.2) is 18.2 Å². The maximum Gasteiger partial charge on any atom is 0.272 e. The van der Waals surface area contributed by atoms with Crippen LogP contribution >= 0.6 is 0 Å². The van der Waals surface area contributed by atoms with Crippen molar-refractivity contribution in [1.82, 2.24) is 14.8 Å². The summed E-state index contributed by atoms with van der Waals surface area (Å²) in [6.07, 6.45) is 1.99. The zero-order valence-corrected chi connectivity index (χ0v) is 13.5. The number of carbonyl (C=O) groups is 2. The molecule has 6 heteroatoms. The van der Waals surface area contributed by atoms with Crippen molar-refractivity contribution in [3.05, 3.63) is 29.6 Å². The molecule has 0 bridgehead atoms. The van der Waals surface area contributed by atoms with Crippen LogP contribution in [0.3, 0.4) is 0 Å². The van der Waals surface area contributed by atoms with Crippen molar-refractivity contribution in [2.75, 3.05) is 39.4 Å². The van der Waals surface area contributed by atoms with Gasteiger partial charge in [-0.05, 0) is 25.0 Å². The molecular formula is C17H23N3O3. The molecule has 23 heavy (non-hydrogen) atoms. The summed E-state index contributed by atoms with van der Waals surface area (Å²) in [7, 11) is 0. The van der Waals surface area contributed by atoms with Gasteiger partial charge in [0.25, 0.3) is 5.91 Å². The molecule has 1 aromatic rings. The number of piperidine rings is 1. The first-order valence-corrected chi connectivity index (χ1v) is 8.24. The molecule has 6 nitrogen and oxygen atoms in total. The van der Waals surface area contributed by atoms with Gasteiger partial charge in [-0.25, -0.2) is 4.98 Å². The fraction of sp³-hybridized carbons (Fsp3) is 0.588. The zero-order valence-electron chi connectivity index (χ0n) is 13.5. The van der Waals surface area contributed by atoms with Crippen LogP contribution in [-0.4, -0.2) is 66.0 Å². The maximum atomic E-state index is 12.6. The van der Waals surface area contributed by atoms with Crippen LogP contribution in [0.1, 0.15) is 41.9 Å². The first-order chi connectivity index (χ1) is 11.1. The Hall–Kier alpha value is -1.95. The standard InChI is InChI=1S/C17H23N3O3/c1-13(21)20-7-3-4-14(12-20)15-5-2-6-16(18-15)17(22)19-8-10-23-11-9-19/h2,5-6,14H,3-4,7-12H2,1H3/t14-/m1/s1. The molecule has 3 heterocycles. The molecule has 0 unspecified atom stereocenters. The van der Waals surface area contributed by atoms with Crippen molar-refractivity contribution in [1.29, 1.82) is 0 Å². The summed E-state index contributed by atoms with van der Waals surface area (Å²) in [4.78, 5) is 32.4. The Balaban J connectivity index is 1.74. The SMILES string of the molecule is CC(=O)N1CCC[C@@H](c2cccc(C(=O)N3CCOCC3)n2)C1. The summed E-state index contributed by atoms with van der Waals surface area (Å²) >= 11 is 0. The van der Waals surface area contributed by atoms with Gasteiger partial charge >= 0.3 is 0 Å². The second-order valence-corrected chi connectivity index (χ2v) is 6.16. The van der Waals surface area contributed by atoms with Gasteiger partial charge in [-0.2, -0.15) is 0 Å². The highest BCUT2D eigenvalue weighted by atomic mass is 16.5. The smallest absolute Gasteiger partial charge is 0.272 e. The molecule has 124 valence electrons. The first-order valence-electron chi connectivity index (χ1n) is 8.24. The van der Waals surface area contributed by atoms with Crippen molar-refractivity contribution in [2.45, 2.75) is 25.7 Å². The molecule has 0 spiro atoms. The number of hydrogen-bond donors (Lipinski definition) is 0. The minimum Gasteiger partial charge on any atom is -0.378 e. The Morgan fingerprint density at radius 1 is 1.17 bits per heavy atom. The second-order valence-electron chi connectivity index (χ2n) is 6.16. The number of hydrogen-bond acceptors (Lipinski definition) is 4. The average molecular weight is 317 g/mol. The van der Waals surface area contributed by atoms with E-state index in [1.165, 1.54) is 0 Å². The molecule has 0 N–H and O–H groups in total. The van der Waals surface area contributed by atoms with Crippen LogP contribution in [0.2, 0.25) is 0 Å². The van der Waals surface area contributed by atoms with Gasteiger partial charge in [0.05, 0.1) is 13.2 Å². The molecule has 3 rings (SSSR count). The molecule has 1 atom stereocenters. The molecule has 2 aliphatic rings. The van der Waals surface area contributed by atoms with Crippen LogP contribution in [0.5, 0.6) is 0 Å². The summed E-state index contributed by atoms with van der Waals surface area (Å²) in [6, 6.07) is 5.62. The van der Waals surface area contributed by atoms with E-state index in [0.29, 0.717) is 38.5 Å². The Morgan fingerprint density at radius 3 is 2.70 bits per heavy atom.